The highest BCUT2D eigenvalue weighted by Crippen LogP contribution is 2.36. The average molecular weight is 494 g/mol. The molecule has 0 saturated carbocycles. The Bertz CT molecular complexity index is 1340. The molecule has 1 aromatic heterocycles. The number of alkyl halides is 3. The van der Waals surface area contributed by atoms with Gasteiger partial charge in [0, 0.05) is 18.9 Å². The summed E-state index contributed by atoms with van der Waals surface area (Å²) in [6.45, 7) is 1.76. The van der Waals surface area contributed by atoms with E-state index in [0.717, 1.165) is 28.6 Å². The van der Waals surface area contributed by atoms with Crippen LogP contribution in [0.15, 0.2) is 53.6 Å². The standard InChI is InChI=1S/C22H21F3N4O4S/c1-3-18-17(13-28(2)27-18)21(30)26-15-6-9-19-20(12-15)34(31,32)29(10-11-33-19)16-7-4-14(5-8-16)22(23,24)25/h4-9,12-13H,3,10-11H2,1-2H3,(H,26,30). The van der Waals surface area contributed by atoms with Crippen molar-refractivity contribution in [3.8, 4) is 5.75 Å². The quantitative estimate of drug-likeness (QED) is 0.595. The Morgan fingerprint density at radius 3 is 2.53 bits per heavy atom. The molecule has 8 nitrogen and oxygen atoms in total. The monoisotopic (exact) mass is 494 g/mol. The summed E-state index contributed by atoms with van der Waals surface area (Å²) in [7, 11) is -2.50. The van der Waals surface area contributed by atoms with Crippen LogP contribution >= 0.6 is 0 Å². The molecule has 1 N–H and O–H groups in total. The minimum atomic E-state index is -4.54. The Hall–Kier alpha value is -3.54. The van der Waals surface area contributed by atoms with Crippen molar-refractivity contribution in [1.29, 1.82) is 0 Å². The largest absolute Gasteiger partial charge is 0.490 e. The van der Waals surface area contributed by atoms with Crippen molar-refractivity contribution in [3.63, 3.8) is 0 Å². The van der Waals surface area contributed by atoms with Crippen molar-refractivity contribution in [1.82, 2.24) is 9.78 Å². The van der Waals surface area contributed by atoms with E-state index in [4.69, 9.17) is 4.74 Å². The first kappa shape index (κ1) is 23.6. The molecule has 0 saturated heterocycles. The molecule has 2 aromatic carbocycles. The molecule has 0 fully saturated rings. The Morgan fingerprint density at radius 1 is 1.18 bits per heavy atom. The molecule has 3 aromatic rings. The Labute approximate surface area is 194 Å². The topological polar surface area (TPSA) is 93.5 Å². The highest BCUT2D eigenvalue weighted by molar-refractivity contribution is 7.93. The highest BCUT2D eigenvalue weighted by atomic mass is 32.2. The van der Waals surface area contributed by atoms with E-state index in [-0.39, 0.29) is 35.2 Å². The fourth-order valence-electron chi connectivity index (χ4n) is 3.65. The van der Waals surface area contributed by atoms with Gasteiger partial charge in [0.25, 0.3) is 15.9 Å². The van der Waals surface area contributed by atoms with Crippen molar-refractivity contribution < 1.29 is 31.1 Å². The number of nitrogens with zero attached hydrogens (tertiary/aromatic N) is 3. The lowest BCUT2D eigenvalue weighted by Gasteiger charge is -2.22. The van der Waals surface area contributed by atoms with Gasteiger partial charge in [-0.05, 0) is 48.9 Å². The van der Waals surface area contributed by atoms with Gasteiger partial charge in [0.1, 0.15) is 17.3 Å². The molecule has 1 aliphatic heterocycles. The van der Waals surface area contributed by atoms with Crippen LogP contribution in [0.3, 0.4) is 0 Å². The Morgan fingerprint density at radius 2 is 1.88 bits per heavy atom. The molecule has 1 aliphatic rings. The predicted octanol–water partition coefficient (Wildman–Crippen LogP) is 3.84. The maximum Gasteiger partial charge on any atom is 0.416 e. The normalized spacial score (nSPS) is 15.3. The third-order valence-corrected chi connectivity index (χ3v) is 7.14. The van der Waals surface area contributed by atoms with Crippen LogP contribution in [0.1, 0.15) is 28.5 Å². The van der Waals surface area contributed by atoms with Crippen LogP contribution in [-0.2, 0) is 29.7 Å². The average Bonchev–Trinajstić information content (AvgIpc) is 3.11. The van der Waals surface area contributed by atoms with Gasteiger partial charge in [-0.25, -0.2) is 8.42 Å². The number of halogens is 3. The number of aryl methyl sites for hydroxylation is 2. The van der Waals surface area contributed by atoms with Crippen molar-refractivity contribution in [2.75, 3.05) is 22.8 Å². The smallest absolute Gasteiger partial charge is 0.416 e. The molecule has 1 amide bonds. The van der Waals surface area contributed by atoms with Gasteiger partial charge in [-0.2, -0.15) is 18.3 Å². The van der Waals surface area contributed by atoms with E-state index in [1.165, 1.54) is 22.9 Å². The van der Waals surface area contributed by atoms with E-state index in [1.54, 1.807) is 13.2 Å². The number of ether oxygens (including phenoxy) is 1. The van der Waals surface area contributed by atoms with Crippen LogP contribution in [0.25, 0.3) is 0 Å². The van der Waals surface area contributed by atoms with E-state index in [9.17, 15) is 26.4 Å². The number of aromatic nitrogens is 2. The number of nitrogens with one attached hydrogen (secondary N) is 1. The molecule has 0 spiro atoms. The summed E-state index contributed by atoms with van der Waals surface area (Å²) in [5.74, 6) is -0.362. The van der Waals surface area contributed by atoms with Crippen LogP contribution < -0.4 is 14.4 Å². The van der Waals surface area contributed by atoms with Crippen LogP contribution in [-0.4, -0.2) is 37.3 Å². The Balaban J connectivity index is 1.66. The lowest BCUT2D eigenvalue weighted by molar-refractivity contribution is -0.137. The second-order valence-electron chi connectivity index (χ2n) is 7.60. The molecule has 2 heterocycles. The number of amides is 1. The first-order valence-electron chi connectivity index (χ1n) is 10.3. The van der Waals surface area contributed by atoms with Gasteiger partial charge in [0.2, 0.25) is 0 Å². The Kier molecular flexibility index (Phi) is 6.02. The van der Waals surface area contributed by atoms with Crippen molar-refractivity contribution in [2.24, 2.45) is 7.05 Å². The van der Waals surface area contributed by atoms with E-state index < -0.39 is 27.7 Å². The second kappa shape index (κ2) is 8.67. The number of benzene rings is 2. The number of sulfonamides is 1. The van der Waals surface area contributed by atoms with Gasteiger partial charge < -0.3 is 10.1 Å². The van der Waals surface area contributed by atoms with Crippen LogP contribution in [0.4, 0.5) is 24.5 Å². The first-order valence-corrected chi connectivity index (χ1v) is 11.8. The third-order valence-electron chi connectivity index (χ3n) is 5.29. The number of carbonyl (C=O) groups excluding carboxylic acids is 1. The molecular formula is C22H21F3N4O4S. The number of carbonyl (C=O) groups is 1. The van der Waals surface area contributed by atoms with Gasteiger partial charge in [0.15, 0.2) is 0 Å². The fraction of sp³-hybridized carbons (Fsp3) is 0.273. The van der Waals surface area contributed by atoms with E-state index >= 15 is 0 Å². The zero-order valence-electron chi connectivity index (χ0n) is 18.3. The summed E-state index contributed by atoms with van der Waals surface area (Å²) in [5, 5.41) is 6.90. The first-order chi connectivity index (χ1) is 16.0. The van der Waals surface area contributed by atoms with E-state index in [1.807, 2.05) is 6.92 Å². The predicted molar refractivity (Wildman–Crippen MR) is 118 cm³/mol. The lowest BCUT2D eigenvalue weighted by atomic mass is 10.2. The van der Waals surface area contributed by atoms with Gasteiger partial charge in [-0.1, -0.05) is 6.92 Å². The molecular weight excluding hydrogens is 473 g/mol. The number of rotatable bonds is 4. The molecule has 34 heavy (non-hydrogen) atoms. The SMILES string of the molecule is CCc1nn(C)cc1C(=O)Nc1ccc2c(c1)S(=O)(=O)N(c1ccc(C(F)(F)F)cc1)CCO2. The maximum atomic E-state index is 13.4. The van der Waals surface area contributed by atoms with Gasteiger partial charge in [-0.3, -0.25) is 13.8 Å². The lowest BCUT2D eigenvalue weighted by Crippen LogP contribution is -2.32. The minimum Gasteiger partial charge on any atom is -0.490 e. The van der Waals surface area contributed by atoms with Gasteiger partial charge in [-0.15, -0.1) is 0 Å². The van der Waals surface area contributed by atoms with Crippen LogP contribution in [0, 0.1) is 0 Å². The highest BCUT2D eigenvalue weighted by Gasteiger charge is 2.34. The summed E-state index contributed by atoms with van der Waals surface area (Å²) < 4.78 is 73.6. The van der Waals surface area contributed by atoms with Gasteiger partial charge >= 0.3 is 6.18 Å². The molecule has 4 rings (SSSR count). The van der Waals surface area contributed by atoms with Crippen molar-refractivity contribution >= 4 is 27.3 Å². The summed E-state index contributed by atoms with van der Waals surface area (Å²) >= 11 is 0. The zero-order valence-corrected chi connectivity index (χ0v) is 19.1. The fourth-order valence-corrected chi connectivity index (χ4v) is 5.26. The molecule has 0 radical (unpaired) electrons. The summed E-state index contributed by atoms with van der Waals surface area (Å²) in [6, 6.07) is 8.08. The van der Waals surface area contributed by atoms with Crippen LogP contribution in [0.2, 0.25) is 0 Å². The molecule has 0 atom stereocenters. The second-order valence-corrected chi connectivity index (χ2v) is 9.43. The minimum absolute atomic E-state index is 0.00545. The number of hydrogen-bond donors (Lipinski definition) is 1. The van der Waals surface area contributed by atoms with E-state index in [0.29, 0.717) is 17.7 Å². The number of hydrogen-bond acceptors (Lipinski definition) is 5. The molecule has 0 bridgehead atoms. The molecule has 12 heteroatoms. The maximum absolute atomic E-state index is 13.4. The number of anilines is 2. The zero-order chi connectivity index (χ0) is 24.7. The van der Waals surface area contributed by atoms with E-state index in [2.05, 4.69) is 10.4 Å². The third kappa shape index (κ3) is 4.45. The van der Waals surface area contributed by atoms with Crippen molar-refractivity contribution in [3.05, 3.63) is 65.5 Å². The van der Waals surface area contributed by atoms with Crippen LogP contribution in [0.5, 0.6) is 5.75 Å². The molecule has 0 aliphatic carbocycles. The van der Waals surface area contributed by atoms with Crippen molar-refractivity contribution in [2.45, 2.75) is 24.4 Å². The number of fused-ring (bicyclic) bond motifs is 1. The summed E-state index contributed by atoms with van der Waals surface area (Å²) in [6.07, 6.45) is -2.42. The van der Waals surface area contributed by atoms with Gasteiger partial charge in [0.05, 0.1) is 29.1 Å². The molecule has 180 valence electrons. The summed E-state index contributed by atoms with van der Waals surface area (Å²) in [4.78, 5) is 12.6. The summed E-state index contributed by atoms with van der Waals surface area (Å²) in [5.41, 5.74) is 0.370. The molecule has 0 unspecified atom stereocenters.